The largest absolute Gasteiger partial charge is 0.457 e. The molecule has 0 saturated heterocycles. The molecular weight excluding hydrogens is 370 g/mol. The zero-order valence-electron chi connectivity index (χ0n) is 15.6. The highest BCUT2D eigenvalue weighted by atomic mass is 16.6. The Morgan fingerprint density at radius 1 is 0.724 bits per heavy atom. The third-order valence-electron chi connectivity index (χ3n) is 4.25. The highest BCUT2D eigenvalue weighted by molar-refractivity contribution is 6.00. The summed E-state index contributed by atoms with van der Waals surface area (Å²) in [5.41, 5.74) is 1.42. The molecule has 3 rings (SSSR count). The van der Waals surface area contributed by atoms with Crippen LogP contribution in [0.3, 0.4) is 0 Å². The highest BCUT2D eigenvalue weighted by Gasteiger charge is 2.12. The predicted octanol–water partition coefficient (Wildman–Crippen LogP) is 4.70. The molecule has 0 unspecified atom stereocenters. The molecule has 29 heavy (non-hydrogen) atoms. The molecule has 0 saturated carbocycles. The number of hydrogen-bond acceptors (Lipinski definition) is 5. The Balaban J connectivity index is 1.49. The molecule has 0 amide bonds. The van der Waals surface area contributed by atoms with Crippen molar-refractivity contribution in [2.24, 2.45) is 0 Å². The van der Waals surface area contributed by atoms with Crippen molar-refractivity contribution in [3.05, 3.63) is 100 Å². The van der Waals surface area contributed by atoms with Crippen LogP contribution in [0.5, 0.6) is 11.5 Å². The van der Waals surface area contributed by atoms with Gasteiger partial charge in [-0.25, -0.2) is 0 Å². The number of ketones is 2. The van der Waals surface area contributed by atoms with Crippen molar-refractivity contribution in [1.29, 1.82) is 0 Å². The fourth-order valence-electron chi connectivity index (χ4n) is 2.84. The molecule has 0 spiro atoms. The molecule has 146 valence electrons. The number of benzene rings is 3. The Bertz CT molecular complexity index is 996. The quantitative estimate of drug-likeness (QED) is 0.301. The minimum atomic E-state index is -0.495. The van der Waals surface area contributed by atoms with Crippen molar-refractivity contribution in [3.8, 4) is 11.5 Å². The van der Waals surface area contributed by atoms with E-state index >= 15 is 0 Å². The lowest BCUT2D eigenvalue weighted by Crippen LogP contribution is -2.12. The molecule has 0 aliphatic carbocycles. The second-order valence-corrected chi connectivity index (χ2v) is 6.59. The number of non-ortho nitro benzene ring substituents is 1. The van der Waals surface area contributed by atoms with E-state index in [4.69, 9.17) is 4.74 Å². The van der Waals surface area contributed by atoms with E-state index in [1.54, 1.807) is 24.3 Å². The van der Waals surface area contributed by atoms with Gasteiger partial charge in [-0.3, -0.25) is 19.7 Å². The Morgan fingerprint density at radius 3 is 1.72 bits per heavy atom. The van der Waals surface area contributed by atoms with Gasteiger partial charge in [0.05, 0.1) is 11.3 Å². The Hall–Kier alpha value is -3.80. The fraction of sp³-hybridized carbons (Fsp3) is 0.130. The van der Waals surface area contributed by atoms with Gasteiger partial charge in [0.25, 0.3) is 5.69 Å². The van der Waals surface area contributed by atoms with Crippen molar-refractivity contribution in [1.82, 2.24) is 0 Å². The fourth-order valence-corrected chi connectivity index (χ4v) is 2.84. The average Bonchev–Trinajstić information content (AvgIpc) is 2.70. The predicted molar refractivity (Wildman–Crippen MR) is 108 cm³/mol. The minimum absolute atomic E-state index is 0.0306. The summed E-state index contributed by atoms with van der Waals surface area (Å²) in [6, 6.07) is 22.3. The summed E-state index contributed by atoms with van der Waals surface area (Å²) < 4.78 is 5.71. The van der Waals surface area contributed by atoms with E-state index < -0.39 is 4.92 Å². The molecule has 0 heterocycles. The van der Waals surface area contributed by atoms with Gasteiger partial charge in [0.15, 0.2) is 0 Å². The molecule has 0 aromatic heterocycles. The van der Waals surface area contributed by atoms with Gasteiger partial charge < -0.3 is 4.74 Å². The number of carbonyl (C=O) groups is 2. The van der Waals surface area contributed by atoms with Gasteiger partial charge >= 0.3 is 0 Å². The second kappa shape index (κ2) is 9.41. The lowest BCUT2D eigenvalue weighted by atomic mass is 10.0. The molecule has 0 aliphatic heterocycles. The van der Waals surface area contributed by atoms with Gasteiger partial charge in [-0.05, 0) is 35.4 Å². The van der Waals surface area contributed by atoms with E-state index in [1.165, 1.54) is 24.3 Å². The minimum Gasteiger partial charge on any atom is -0.457 e. The first-order valence-corrected chi connectivity index (χ1v) is 9.08. The number of carbonyl (C=O) groups excluding carboxylic acids is 2. The number of rotatable bonds is 9. The molecule has 0 fully saturated rings. The summed E-state index contributed by atoms with van der Waals surface area (Å²) in [6.45, 7) is 0. The molecule has 6 heteroatoms. The lowest BCUT2D eigenvalue weighted by molar-refractivity contribution is -0.384. The molecule has 0 N–H and O–H groups in total. The Morgan fingerprint density at radius 2 is 1.21 bits per heavy atom. The third-order valence-corrected chi connectivity index (χ3v) is 4.25. The molecule has 0 radical (unpaired) electrons. The molecular formula is C23H19NO5. The second-order valence-electron chi connectivity index (χ2n) is 6.59. The summed E-state index contributed by atoms with van der Waals surface area (Å²) in [6.07, 6.45) is 0.0739. The number of nitro groups is 1. The van der Waals surface area contributed by atoms with E-state index in [2.05, 4.69) is 0 Å². The van der Waals surface area contributed by atoms with Crippen LogP contribution in [0.15, 0.2) is 78.9 Å². The maximum absolute atomic E-state index is 12.2. The maximum Gasteiger partial charge on any atom is 0.269 e. The maximum atomic E-state index is 12.2. The van der Waals surface area contributed by atoms with E-state index in [0.717, 1.165) is 11.3 Å². The van der Waals surface area contributed by atoms with Crippen LogP contribution in [0.4, 0.5) is 5.69 Å². The van der Waals surface area contributed by atoms with Crippen LogP contribution in [-0.2, 0) is 22.4 Å². The van der Waals surface area contributed by atoms with Crippen molar-refractivity contribution in [2.75, 3.05) is 0 Å². The average molecular weight is 389 g/mol. The number of nitrogens with zero attached hydrogens (tertiary/aromatic N) is 1. The van der Waals surface area contributed by atoms with Gasteiger partial charge in [-0.1, -0.05) is 42.5 Å². The van der Waals surface area contributed by atoms with Crippen molar-refractivity contribution < 1.29 is 19.2 Å². The van der Waals surface area contributed by atoms with Crippen molar-refractivity contribution in [2.45, 2.75) is 19.3 Å². The summed E-state index contributed by atoms with van der Waals surface area (Å²) in [4.78, 5) is 34.5. The molecule has 0 atom stereocenters. The smallest absolute Gasteiger partial charge is 0.269 e. The molecule has 0 bridgehead atoms. The lowest BCUT2D eigenvalue weighted by Gasteiger charge is -2.06. The van der Waals surface area contributed by atoms with Crippen LogP contribution in [0.2, 0.25) is 0 Å². The van der Waals surface area contributed by atoms with Crippen LogP contribution in [-0.4, -0.2) is 16.5 Å². The summed E-state index contributed by atoms with van der Waals surface area (Å²) in [7, 11) is 0. The van der Waals surface area contributed by atoms with Crippen molar-refractivity contribution >= 4 is 17.3 Å². The van der Waals surface area contributed by atoms with E-state index in [0.29, 0.717) is 11.3 Å². The summed E-state index contributed by atoms with van der Waals surface area (Å²) >= 11 is 0. The Labute approximate surface area is 167 Å². The van der Waals surface area contributed by atoms with E-state index in [9.17, 15) is 19.7 Å². The zero-order valence-corrected chi connectivity index (χ0v) is 15.6. The zero-order chi connectivity index (χ0) is 20.6. The van der Waals surface area contributed by atoms with Crippen molar-refractivity contribution in [3.63, 3.8) is 0 Å². The highest BCUT2D eigenvalue weighted by Crippen LogP contribution is 2.21. The first-order valence-electron chi connectivity index (χ1n) is 9.08. The monoisotopic (exact) mass is 389 g/mol. The summed E-state index contributed by atoms with van der Waals surface area (Å²) in [5.74, 6) is 1.01. The number of ether oxygens (including phenoxy) is 1. The number of para-hydroxylation sites is 1. The SMILES string of the molecule is O=C(CC(=O)Cc1ccc([N+](=O)[O-])cc1)Cc1ccc(Oc2ccccc2)cc1. The first kappa shape index (κ1) is 19.9. The van der Waals surface area contributed by atoms with Crippen LogP contribution in [0, 0.1) is 10.1 Å². The third kappa shape index (κ3) is 6.10. The van der Waals surface area contributed by atoms with E-state index in [1.807, 2.05) is 30.3 Å². The normalized spacial score (nSPS) is 10.3. The van der Waals surface area contributed by atoms with Gasteiger partial charge in [0, 0.05) is 25.0 Å². The Kier molecular flexibility index (Phi) is 6.47. The van der Waals surface area contributed by atoms with Gasteiger partial charge in [-0.15, -0.1) is 0 Å². The summed E-state index contributed by atoms with van der Waals surface area (Å²) in [5, 5.41) is 10.7. The molecule has 3 aromatic carbocycles. The first-order chi connectivity index (χ1) is 14.0. The van der Waals surface area contributed by atoms with Gasteiger partial charge in [-0.2, -0.15) is 0 Å². The number of Topliss-reactive ketones (excluding diaryl/α,β-unsaturated/α-hetero) is 2. The van der Waals surface area contributed by atoms with Gasteiger partial charge in [0.2, 0.25) is 0 Å². The van der Waals surface area contributed by atoms with Crippen LogP contribution < -0.4 is 4.74 Å². The van der Waals surface area contributed by atoms with E-state index in [-0.39, 0.29) is 36.5 Å². The molecule has 6 nitrogen and oxygen atoms in total. The topological polar surface area (TPSA) is 86.5 Å². The number of nitro benzene ring substituents is 1. The van der Waals surface area contributed by atoms with Crippen LogP contribution in [0.1, 0.15) is 17.5 Å². The molecule has 3 aromatic rings. The molecule has 0 aliphatic rings. The standard InChI is InChI=1S/C23H19NO5/c25-20(14-17-6-10-19(11-7-17)24(27)28)16-21(26)15-18-8-12-23(13-9-18)29-22-4-2-1-3-5-22/h1-13H,14-16H2. The number of hydrogen-bond donors (Lipinski definition) is 0. The van der Waals surface area contributed by atoms with Crippen LogP contribution >= 0.6 is 0 Å². The van der Waals surface area contributed by atoms with Crippen LogP contribution in [0.25, 0.3) is 0 Å². The van der Waals surface area contributed by atoms with Gasteiger partial charge in [0.1, 0.15) is 23.1 Å².